The SMILES string of the molecule is COc1cc(/C=C2\SC(N3CCN(C)CC3)=NC2=O)ccc1OCc1ccc(F)cc1. The predicted molar refractivity (Wildman–Crippen MR) is 121 cm³/mol. The largest absolute Gasteiger partial charge is 0.493 e. The Kier molecular flexibility index (Phi) is 6.58. The smallest absolute Gasteiger partial charge is 0.286 e. The molecule has 4 rings (SSSR count). The third-order valence-electron chi connectivity index (χ3n) is 5.18. The lowest BCUT2D eigenvalue weighted by atomic mass is 10.2. The molecule has 2 aliphatic rings. The number of carbonyl (C=O) groups is 1. The number of halogens is 1. The molecule has 2 aromatic rings. The molecule has 8 heteroatoms. The van der Waals surface area contributed by atoms with Gasteiger partial charge >= 0.3 is 0 Å². The number of hydrogen-bond acceptors (Lipinski definition) is 6. The molecule has 2 aliphatic heterocycles. The first kappa shape index (κ1) is 21.4. The van der Waals surface area contributed by atoms with Gasteiger partial charge < -0.3 is 19.3 Å². The molecule has 31 heavy (non-hydrogen) atoms. The molecular formula is C23H24FN3O3S. The second kappa shape index (κ2) is 9.53. The summed E-state index contributed by atoms with van der Waals surface area (Å²) in [5.74, 6) is 0.646. The summed E-state index contributed by atoms with van der Waals surface area (Å²) < 4.78 is 24.3. The van der Waals surface area contributed by atoms with Gasteiger partial charge in [0.15, 0.2) is 16.7 Å². The zero-order valence-electron chi connectivity index (χ0n) is 17.5. The van der Waals surface area contributed by atoms with Crippen LogP contribution in [0.4, 0.5) is 4.39 Å². The first-order valence-corrected chi connectivity index (χ1v) is 10.8. The zero-order valence-corrected chi connectivity index (χ0v) is 18.3. The molecule has 0 N–H and O–H groups in total. The Balaban J connectivity index is 1.43. The summed E-state index contributed by atoms with van der Waals surface area (Å²) >= 11 is 1.41. The van der Waals surface area contributed by atoms with Crippen LogP contribution in [0.5, 0.6) is 11.5 Å². The van der Waals surface area contributed by atoms with E-state index in [1.54, 1.807) is 25.3 Å². The molecular weight excluding hydrogens is 417 g/mol. The lowest BCUT2D eigenvalue weighted by molar-refractivity contribution is -0.113. The number of piperazine rings is 1. The van der Waals surface area contributed by atoms with Crippen molar-refractivity contribution in [2.24, 2.45) is 4.99 Å². The number of rotatable bonds is 5. The highest BCUT2D eigenvalue weighted by Crippen LogP contribution is 2.34. The van der Waals surface area contributed by atoms with Crippen LogP contribution in [0.15, 0.2) is 52.4 Å². The average Bonchev–Trinajstić information content (AvgIpc) is 3.14. The Bertz CT molecular complexity index is 1020. The average molecular weight is 442 g/mol. The highest BCUT2D eigenvalue weighted by Gasteiger charge is 2.27. The predicted octanol–water partition coefficient (Wildman–Crippen LogP) is 3.63. The van der Waals surface area contributed by atoms with E-state index in [1.807, 2.05) is 18.2 Å². The number of aliphatic imine (C=N–C) groups is 1. The Morgan fingerprint density at radius 1 is 1.10 bits per heavy atom. The maximum Gasteiger partial charge on any atom is 0.286 e. The fraction of sp³-hybridized carbons (Fsp3) is 0.304. The molecule has 2 aromatic carbocycles. The van der Waals surface area contributed by atoms with Gasteiger partial charge in [0.25, 0.3) is 5.91 Å². The van der Waals surface area contributed by atoms with Crippen LogP contribution in [0.2, 0.25) is 0 Å². The Morgan fingerprint density at radius 3 is 2.55 bits per heavy atom. The summed E-state index contributed by atoms with van der Waals surface area (Å²) in [6, 6.07) is 11.7. The summed E-state index contributed by atoms with van der Waals surface area (Å²) in [7, 11) is 3.67. The van der Waals surface area contributed by atoms with Crippen molar-refractivity contribution >= 4 is 28.9 Å². The minimum absolute atomic E-state index is 0.213. The molecule has 0 aliphatic carbocycles. The van der Waals surface area contributed by atoms with Crippen molar-refractivity contribution in [1.82, 2.24) is 9.80 Å². The molecule has 6 nitrogen and oxygen atoms in total. The van der Waals surface area contributed by atoms with Crippen LogP contribution in [0.3, 0.4) is 0 Å². The van der Waals surface area contributed by atoms with Gasteiger partial charge in [-0.15, -0.1) is 0 Å². The molecule has 0 spiro atoms. The molecule has 0 saturated carbocycles. The molecule has 2 heterocycles. The molecule has 1 amide bonds. The van der Waals surface area contributed by atoms with Gasteiger partial charge in [-0.3, -0.25) is 4.79 Å². The zero-order chi connectivity index (χ0) is 21.8. The first-order valence-electron chi connectivity index (χ1n) is 10.0. The molecule has 0 radical (unpaired) electrons. The summed E-state index contributed by atoms with van der Waals surface area (Å²) in [5.41, 5.74) is 1.69. The molecule has 162 valence electrons. The maximum absolute atomic E-state index is 13.0. The number of hydrogen-bond donors (Lipinski definition) is 0. The summed E-state index contributed by atoms with van der Waals surface area (Å²) in [6.07, 6.45) is 1.83. The van der Waals surface area contributed by atoms with Gasteiger partial charge in [0.1, 0.15) is 12.4 Å². The fourth-order valence-electron chi connectivity index (χ4n) is 3.32. The Morgan fingerprint density at radius 2 is 1.84 bits per heavy atom. The van der Waals surface area contributed by atoms with E-state index in [0.29, 0.717) is 23.0 Å². The fourth-order valence-corrected chi connectivity index (χ4v) is 4.28. The van der Waals surface area contributed by atoms with E-state index in [-0.39, 0.29) is 11.7 Å². The Hall–Kier alpha value is -2.84. The second-order valence-corrected chi connectivity index (χ2v) is 8.44. The molecule has 1 saturated heterocycles. The molecule has 0 atom stereocenters. The van der Waals surface area contributed by atoms with Crippen molar-refractivity contribution in [1.29, 1.82) is 0 Å². The maximum atomic E-state index is 13.0. The van der Waals surface area contributed by atoms with E-state index in [1.165, 1.54) is 23.9 Å². The minimum Gasteiger partial charge on any atom is -0.493 e. The summed E-state index contributed by atoms with van der Waals surface area (Å²) in [4.78, 5) is 21.7. The number of amidine groups is 1. The van der Waals surface area contributed by atoms with Gasteiger partial charge in [-0.1, -0.05) is 18.2 Å². The van der Waals surface area contributed by atoms with Crippen LogP contribution in [0.1, 0.15) is 11.1 Å². The summed E-state index contributed by atoms with van der Waals surface area (Å²) in [6.45, 7) is 3.97. The van der Waals surface area contributed by atoms with Crippen molar-refractivity contribution < 1.29 is 18.7 Å². The standard InChI is InChI=1S/C23H24FN3O3S/c1-26-9-11-27(12-10-26)23-25-22(28)21(31-23)14-17-5-8-19(20(13-17)29-2)30-15-16-3-6-18(24)7-4-16/h3-8,13-14H,9-12,15H2,1-2H3/b21-14-. The number of nitrogens with zero attached hydrogens (tertiary/aromatic N) is 3. The van der Waals surface area contributed by atoms with Gasteiger partial charge in [0.2, 0.25) is 0 Å². The van der Waals surface area contributed by atoms with Crippen LogP contribution in [0, 0.1) is 5.82 Å². The third kappa shape index (κ3) is 5.26. The van der Waals surface area contributed by atoms with Gasteiger partial charge in [-0.05, 0) is 60.3 Å². The van der Waals surface area contributed by atoms with E-state index < -0.39 is 0 Å². The molecule has 0 aromatic heterocycles. The lowest BCUT2D eigenvalue weighted by Gasteiger charge is -2.32. The molecule has 1 fully saturated rings. The first-order chi connectivity index (χ1) is 15.0. The van der Waals surface area contributed by atoms with Crippen LogP contribution in [-0.2, 0) is 11.4 Å². The Labute approximate surface area is 185 Å². The van der Waals surface area contributed by atoms with Gasteiger partial charge in [0.05, 0.1) is 12.0 Å². The summed E-state index contributed by atoms with van der Waals surface area (Å²) in [5, 5.41) is 0.774. The quantitative estimate of drug-likeness (QED) is 0.661. The van der Waals surface area contributed by atoms with Crippen LogP contribution < -0.4 is 9.47 Å². The van der Waals surface area contributed by atoms with E-state index in [0.717, 1.165) is 42.5 Å². The molecule has 0 bridgehead atoms. The number of methoxy groups -OCH3 is 1. The number of benzene rings is 2. The van der Waals surface area contributed by atoms with Crippen LogP contribution >= 0.6 is 11.8 Å². The van der Waals surface area contributed by atoms with Gasteiger partial charge in [-0.2, -0.15) is 4.99 Å². The highest BCUT2D eigenvalue weighted by atomic mass is 32.2. The number of ether oxygens (including phenoxy) is 2. The number of likely N-dealkylation sites (N-methyl/N-ethyl adjacent to an activating group) is 1. The second-order valence-electron chi connectivity index (χ2n) is 7.43. The van der Waals surface area contributed by atoms with Crippen molar-refractivity contribution in [2.45, 2.75) is 6.61 Å². The van der Waals surface area contributed by atoms with Crippen molar-refractivity contribution in [3.8, 4) is 11.5 Å². The number of thioether (sulfide) groups is 1. The third-order valence-corrected chi connectivity index (χ3v) is 6.22. The number of carbonyl (C=O) groups excluding carboxylic acids is 1. The van der Waals surface area contributed by atoms with Crippen molar-refractivity contribution in [3.05, 3.63) is 64.3 Å². The normalized spacial score (nSPS) is 18.4. The van der Waals surface area contributed by atoms with Gasteiger partial charge in [-0.25, -0.2) is 4.39 Å². The lowest BCUT2D eigenvalue weighted by Crippen LogP contribution is -2.46. The van der Waals surface area contributed by atoms with E-state index in [2.05, 4.69) is 21.8 Å². The van der Waals surface area contributed by atoms with Crippen molar-refractivity contribution in [3.63, 3.8) is 0 Å². The topological polar surface area (TPSA) is 54.4 Å². The van der Waals surface area contributed by atoms with E-state index >= 15 is 0 Å². The van der Waals surface area contributed by atoms with Gasteiger partial charge in [0, 0.05) is 26.2 Å². The van der Waals surface area contributed by atoms with Crippen LogP contribution in [-0.4, -0.2) is 61.2 Å². The van der Waals surface area contributed by atoms with E-state index in [4.69, 9.17) is 9.47 Å². The molecule has 0 unspecified atom stereocenters. The van der Waals surface area contributed by atoms with Crippen LogP contribution in [0.25, 0.3) is 6.08 Å². The number of amides is 1. The highest BCUT2D eigenvalue weighted by molar-refractivity contribution is 8.18. The monoisotopic (exact) mass is 441 g/mol. The van der Waals surface area contributed by atoms with E-state index in [9.17, 15) is 9.18 Å². The minimum atomic E-state index is -0.280. The van der Waals surface area contributed by atoms with Crippen molar-refractivity contribution in [2.75, 3.05) is 40.3 Å².